The van der Waals surface area contributed by atoms with Gasteiger partial charge in [0.25, 0.3) is 0 Å². The van der Waals surface area contributed by atoms with Crippen LogP contribution in [0.1, 0.15) is 30.4 Å². The lowest BCUT2D eigenvalue weighted by molar-refractivity contribution is 0.370. The maximum atomic E-state index is 12.7. The zero-order valence-corrected chi connectivity index (χ0v) is 14.1. The van der Waals surface area contributed by atoms with E-state index in [-0.39, 0.29) is 11.8 Å². The maximum absolute atomic E-state index is 12.7. The van der Waals surface area contributed by atoms with Crippen LogP contribution in [0.3, 0.4) is 0 Å². The van der Waals surface area contributed by atoms with E-state index in [1.54, 1.807) is 4.31 Å². The second kappa shape index (κ2) is 7.28. The number of rotatable bonds is 6. The monoisotopic (exact) mass is 329 g/mol. The molecule has 0 N–H and O–H groups in total. The van der Waals surface area contributed by atoms with Crippen molar-refractivity contribution in [3.63, 3.8) is 0 Å². The highest BCUT2D eigenvalue weighted by Crippen LogP contribution is 2.26. The fraction of sp³-hybridized carbons (Fsp3) is 0.368. The van der Waals surface area contributed by atoms with Crippen molar-refractivity contribution in [1.29, 1.82) is 0 Å². The van der Waals surface area contributed by atoms with E-state index in [0.29, 0.717) is 6.54 Å². The van der Waals surface area contributed by atoms with Crippen LogP contribution in [0.15, 0.2) is 60.7 Å². The Morgan fingerprint density at radius 3 is 2.17 bits per heavy atom. The van der Waals surface area contributed by atoms with Gasteiger partial charge in [0.15, 0.2) is 0 Å². The van der Waals surface area contributed by atoms with Crippen LogP contribution in [-0.2, 0) is 22.2 Å². The average Bonchev–Trinajstić information content (AvgIpc) is 3.04. The summed E-state index contributed by atoms with van der Waals surface area (Å²) in [6.45, 7) is 0.661. The smallest absolute Gasteiger partial charge is 0.212 e. The van der Waals surface area contributed by atoms with Crippen molar-refractivity contribution >= 4 is 10.0 Å². The van der Waals surface area contributed by atoms with Crippen molar-refractivity contribution in [3.05, 3.63) is 71.8 Å². The Hall–Kier alpha value is -1.65. The summed E-state index contributed by atoms with van der Waals surface area (Å²) in [5.74, 6) is 0.107. The standard InChI is InChI=1S/C19H23NO2S/c21-23(22,16-18-10-5-2-6-11-18)20-15-7-12-19(20)14-13-17-8-3-1-4-9-17/h1-6,8-11,19H,7,12-16H2. The van der Waals surface area contributed by atoms with E-state index >= 15 is 0 Å². The Balaban J connectivity index is 1.66. The van der Waals surface area contributed by atoms with Crippen molar-refractivity contribution in [2.75, 3.05) is 6.54 Å². The molecule has 1 saturated heterocycles. The Kier molecular flexibility index (Phi) is 5.13. The van der Waals surface area contributed by atoms with Crippen LogP contribution in [0.5, 0.6) is 0 Å². The molecule has 0 spiro atoms. The zero-order chi connectivity index (χ0) is 16.1. The van der Waals surface area contributed by atoms with Crippen LogP contribution in [0.25, 0.3) is 0 Å². The van der Waals surface area contributed by atoms with E-state index in [1.807, 2.05) is 48.5 Å². The predicted octanol–water partition coefficient (Wildman–Crippen LogP) is 3.61. The summed E-state index contributed by atoms with van der Waals surface area (Å²) in [6.07, 6.45) is 3.77. The number of hydrogen-bond acceptors (Lipinski definition) is 2. The molecule has 1 atom stereocenters. The lowest BCUT2D eigenvalue weighted by Gasteiger charge is -2.24. The van der Waals surface area contributed by atoms with Gasteiger partial charge >= 0.3 is 0 Å². The minimum atomic E-state index is -3.23. The zero-order valence-electron chi connectivity index (χ0n) is 13.3. The van der Waals surface area contributed by atoms with Gasteiger partial charge in [-0.3, -0.25) is 0 Å². The summed E-state index contributed by atoms with van der Waals surface area (Å²) in [4.78, 5) is 0. The van der Waals surface area contributed by atoms with Gasteiger partial charge in [-0.2, -0.15) is 4.31 Å². The summed E-state index contributed by atoms with van der Waals surface area (Å²) in [5.41, 5.74) is 2.14. The molecule has 1 fully saturated rings. The van der Waals surface area contributed by atoms with Crippen molar-refractivity contribution < 1.29 is 8.42 Å². The highest BCUT2D eigenvalue weighted by atomic mass is 32.2. The molecule has 2 aromatic carbocycles. The third-order valence-electron chi connectivity index (χ3n) is 4.48. The molecule has 1 aliphatic rings. The molecule has 1 unspecified atom stereocenters. The van der Waals surface area contributed by atoms with Gasteiger partial charge < -0.3 is 0 Å². The molecule has 1 aliphatic heterocycles. The second-order valence-electron chi connectivity index (χ2n) is 6.17. The molecule has 3 rings (SSSR count). The normalized spacial score (nSPS) is 19.0. The van der Waals surface area contributed by atoms with Gasteiger partial charge in [0.2, 0.25) is 10.0 Å². The van der Waals surface area contributed by atoms with Crippen LogP contribution >= 0.6 is 0 Å². The molecule has 122 valence electrons. The number of sulfonamides is 1. The van der Waals surface area contributed by atoms with E-state index < -0.39 is 10.0 Å². The fourth-order valence-corrected chi connectivity index (χ4v) is 5.16. The lowest BCUT2D eigenvalue weighted by atomic mass is 10.0. The SMILES string of the molecule is O=S(=O)(Cc1ccccc1)N1CCCC1CCc1ccccc1. The first-order chi connectivity index (χ1) is 11.1. The molecule has 0 radical (unpaired) electrons. The van der Waals surface area contributed by atoms with E-state index in [1.165, 1.54) is 5.56 Å². The van der Waals surface area contributed by atoms with Crippen LogP contribution in [0, 0.1) is 0 Å². The van der Waals surface area contributed by atoms with Crippen molar-refractivity contribution in [2.45, 2.75) is 37.5 Å². The van der Waals surface area contributed by atoms with E-state index in [4.69, 9.17) is 0 Å². The van der Waals surface area contributed by atoms with Gasteiger partial charge in [0, 0.05) is 12.6 Å². The quantitative estimate of drug-likeness (QED) is 0.812. The highest BCUT2D eigenvalue weighted by Gasteiger charge is 2.33. The molecular weight excluding hydrogens is 306 g/mol. The van der Waals surface area contributed by atoms with Crippen molar-refractivity contribution in [1.82, 2.24) is 4.31 Å². The Labute approximate surface area is 139 Å². The third kappa shape index (κ3) is 4.21. The topological polar surface area (TPSA) is 37.4 Å². The lowest BCUT2D eigenvalue weighted by Crippen LogP contribution is -2.36. The summed E-state index contributed by atoms with van der Waals surface area (Å²) in [7, 11) is -3.23. The van der Waals surface area contributed by atoms with Gasteiger partial charge in [-0.05, 0) is 36.8 Å². The molecule has 0 amide bonds. The molecule has 1 heterocycles. The van der Waals surface area contributed by atoms with Gasteiger partial charge in [0.05, 0.1) is 5.75 Å². The van der Waals surface area contributed by atoms with E-state index in [0.717, 1.165) is 31.2 Å². The van der Waals surface area contributed by atoms with E-state index in [2.05, 4.69) is 12.1 Å². The summed E-state index contributed by atoms with van der Waals surface area (Å²) in [5, 5.41) is 0. The second-order valence-corrected chi connectivity index (χ2v) is 8.09. The summed E-state index contributed by atoms with van der Waals surface area (Å²) in [6, 6.07) is 19.9. The molecule has 0 aromatic heterocycles. The predicted molar refractivity (Wildman–Crippen MR) is 93.6 cm³/mol. The number of benzene rings is 2. The molecular formula is C19H23NO2S. The van der Waals surface area contributed by atoms with Gasteiger partial charge in [-0.25, -0.2) is 8.42 Å². The number of nitrogens with zero attached hydrogens (tertiary/aromatic N) is 1. The third-order valence-corrected chi connectivity index (χ3v) is 6.37. The molecule has 23 heavy (non-hydrogen) atoms. The van der Waals surface area contributed by atoms with Gasteiger partial charge in [-0.15, -0.1) is 0 Å². The van der Waals surface area contributed by atoms with Crippen molar-refractivity contribution in [3.8, 4) is 0 Å². The molecule has 0 saturated carbocycles. The largest absolute Gasteiger partial charge is 0.218 e. The van der Waals surface area contributed by atoms with Crippen LogP contribution in [0.4, 0.5) is 0 Å². The van der Waals surface area contributed by atoms with Crippen LogP contribution in [0.2, 0.25) is 0 Å². The molecule has 3 nitrogen and oxygen atoms in total. The van der Waals surface area contributed by atoms with Crippen LogP contribution < -0.4 is 0 Å². The Morgan fingerprint density at radius 1 is 0.913 bits per heavy atom. The molecule has 2 aromatic rings. The first-order valence-corrected chi connectivity index (χ1v) is 9.83. The molecule has 0 aliphatic carbocycles. The first kappa shape index (κ1) is 16.2. The Morgan fingerprint density at radius 2 is 1.52 bits per heavy atom. The van der Waals surface area contributed by atoms with E-state index in [9.17, 15) is 8.42 Å². The fourth-order valence-electron chi connectivity index (χ4n) is 3.31. The summed E-state index contributed by atoms with van der Waals surface area (Å²) < 4.78 is 27.2. The van der Waals surface area contributed by atoms with Gasteiger partial charge in [-0.1, -0.05) is 60.7 Å². The first-order valence-electron chi connectivity index (χ1n) is 8.22. The maximum Gasteiger partial charge on any atom is 0.218 e. The average molecular weight is 329 g/mol. The van der Waals surface area contributed by atoms with Gasteiger partial charge in [0.1, 0.15) is 0 Å². The highest BCUT2D eigenvalue weighted by molar-refractivity contribution is 7.88. The number of hydrogen-bond donors (Lipinski definition) is 0. The Bertz CT molecular complexity index is 714. The van der Waals surface area contributed by atoms with Crippen LogP contribution in [-0.4, -0.2) is 25.3 Å². The van der Waals surface area contributed by atoms with Crippen molar-refractivity contribution in [2.24, 2.45) is 0 Å². The number of aryl methyl sites for hydroxylation is 1. The minimum absolute atomic E-state index is 0.107. The molecule has 4 heteroatoms. The summed E-state index contributed by atoms with van der Waals surface area (Å²) >= 11 is 0. The molecule has 0 bridgehead atoms. The minimum Gasteiger partial charge on any atom is -0.212 e.